The maximum absolute atomic E-state index is 14.3. The number of halogens is 4. The van der Waals surface area contributed by atoms with Crippen LogP contribution >= 0.6 is 23.2 Å². The van der Waals surface area contributed by atoms with E-state index in [0.717, 1.165) is 6.07 Å². The Morgan fingerprint density at radius 1 is 1.13 bits per heavy atom. The first-order valence-corrected chi connectivity index (χ1v) is 10.4. The van der Waals surface area contributed by atoms with Crippen LogP contribution in [0.5, 0.6) is 5.75 Å². The van der Waals surface area contributed by atoms with E-state index in [-0.39, 0.29) is 18.1 Å². The van der Waals surface area contributed by atoms with Crippen molar-refractivity contribution in [1.29, 1.82) is 0 Å². The van der Waals surface area contributed by atoms with E-state index < -0.39 is 39.0 Å². The minimum absolute atomic E-state index is 0.0243. The summed E-state index contributed by atoms with van der Waals surface area (Å²) in [7, 11) is 0. The SMILES string of the molecule is C=CCC(OC=C)(C(C)(C)C)C(C)(CCOc1c(Cl)cc(Cl)c(F)c1F)n1cncn1. The molecule has 0 amide bonds. The predicted molar refractivity (Wildman–Crippen MR) is 118 cm³/mol. The van der Waals surface area contributed by atoms with E-state index in [2.05, 4.69) is 23.2 Å². The van der Waals surface area contributed by atoms with Gasteiger partial charge < -0.3 is 9.47 Å². The van der Waals surface area contributed by atoms with Crippen LogP contribution < -0.4 is 4.74 Å². The molecule has 2 unspecified atom stereocenters. The molecule has 0 aliphatic heterocycles. The molecule has 0 fully saturated rings. The summed E-state index contributed by atoms with van der Waals surface area (Å²) >= 11 is 11.7. The molecule has 5 nitrogen and oxygen atoms in total. The average Bonchev–Trinajstić information content (AvgIpc) is 3.23. The summed E-state index contributed by atoms with van der Waals surface area (Å²) in [4.78, 5) is 4.08. The lowest BCUT2D eigenvalue weighted by Gasteiger charge is -2.54. The second-order valence-electron chi connectivity index (χ2n) is 8.36. The van der Waals surface area contributed by atoms with Crippen LogP contribution in [-0.2, 0) is 10.3 Å². The highest BCUT2D eigenvalue weighted by atomic mass is 35.5. The Balaban J connectivity index is 2.49. The van der Waals surface area contributed by atoms with Gasteiger partial charge in [0.1, 0.15) is 23.8 Å². The zero-order chi connectivity index (χ0) is 23.4. The fourth-order valence-electron chi connectivity index (χ4n) is 4.03. The summed E-state index contributed by atoms with van der Waals surface area (Å²) in [6.45, 7) is 15.6. The van der Waals surface area contributed by atoms with E-state index in [1.54, 1.807) is 17.1 Å². The number of hydrogen-bond acceptors (Lipinski definition) is 4. The van der Waals surface area contributed by atoms with Crippen molar-refractivity contribution in [2.45, 2.75) is 51.7 Å². The van der Waals surface area contributed by atoms with Crippen LogP contribution in [0.25, 0.3) is 0 Å². The summed E-state index contributed by atoms with van der Waals surface area (Å²) < 4.78 is 41.7. The van der Waals surface area contributed by atoms with Gasteiger partial charge in [0.2, 0.25) is 5.82 Å². The molecule has 2 atom stereocenters. The Morgan fingerprint density at radius 3 is 2.32 bits per heavy atom. The number of benzene rings is 1. The van der Waals surface area contributed by atoms with Crippen LogP contribution in [0.2, 0.25) is 10.0 Å². The summed E-state index contributed by atoms with van der Waals surface area (Å²) in [5.41, 5.74) is -2.16. The van der Waals surface area contributed by atoms with Gasteiger partial charge in [0, 0.05) is 18.3 Å². The standard InChI is InChI=1S/C22H27Cl2F2N3O2/c1-7-9-22(31-8-2,20(3,4)5)21(6,29-14-27-13-28-29)10-11-30-19-16(24)12-15(23)17(25)18(19)26/h7-8,12-14H,1-2,9-11H2,3-6H3. The Hall–Kier alpha value is -2.12. The van der Waals surface area contributed by atoms with Crippen LogP contribution in [0, 0.1) is 17.0 Å². The first-order valence-electron chi connectivity index (χ1n) is 9.65. The molecule has 0 radical (unpaired) electrons. The Bertz CT molecular complexity index is 920. The Labute approximate surface area is 191 Å². The maximum Gasteiger partial charge on any atom is 0.203 e. The number of hydrogen-bond donors (Lipinski definition) is 0. The molecule has 0 saturated heterocycles. The topological polar surface area (TPSA) is 49.2 Å². The lowest BCUT2D eigenvalue weighted by molar-refractivity contribution is -0.155. The predicted octanol–water partition coefficient (Wildman–Crippen LogP) is 6.57. The van der Waals surface area contributed by atoms with Gasteiger partial charge in [-0.2, -0.15) is 9.49 Å². The van der Waals surface area contributed by atoms with Crippen LogP contribution in [0.4, 0.5) is 8.78 Å². The first kappa shape index (κ1) is 25.1. The lowest BCUT2D eigenvalue weighted by atomic mass is 9.62. The number of nitrogens with zero attached hydrogens (tertiary/aromatic N) is 3. The molecule has 170 valence electrons. The van der Waals surface area contributed by atoms with Crippen molar-refractivity contribution in [3.63, 3.8) is 0 Å². The zero-order valence-electron chi connectivity index (χ0n) is 18.1. The number of rotatable bonds is 10. The number of aromatic nitrogens is 3. The molecule has 2 rings (SSSR count). The molecule has 1 aromatic heterocycles. The first-order chi connectivity index (χ1) is 14.4. The molecule has 0 saturated carbocycles. The minimum Gasteiger partial charge on any atom is -0.492 e. The third-order valence-electron chi connectivity index (χ3n) is 5.63. The normalized spacial score (nSPS) is 15.6. The number of ether oxygens (including phenoxy) is 2. The summed E-state index contributed by atoms with van der Waals surface area (Å²) in [5.74, 6) is -2.86. The fraction of sp³-hybridized carbons (Fsp3) is 0.455. The molecule has 1 heterocycles. The molecular weight excluding hydrogens is 447 g/mol. The monoisotopic (exact) mass is 473 g/mol. The minimum atomic E-state index is -1.24. The summed E-state index contributed by atoms with van der Waals surface area (Å²) in [6, 6.07) is 1.10. The highest BCUT2D eigenvalue weighted by molar-refractivity contribution is 6.35. The van der Waals surface area contributed by atoms with Crippen molar-refractivity contribution < 1.29 is 18.3 Å². The summed E-state index contributed by atoms with van der Waals surface area (Å²) in [5, 5.41) is 3.80. The molecule has 0 spiro atoms. The van der Waals surface area contributed by atoms with Crippen molar-refractivity contribution in [2.75, 3.05) is 6.61 Å². The van der Waals surface area contributed by atoms with E-state index in [4.69, 9.17) is 32.7 Å². The summed E-state index contributed by atoms with van der Waals surface area (Å²) in [6.07, 6.45) is 6.87. The van der Waals surface area contributed by atoms with E-state index in [1.165, 1.54) is 12.6 Å². The Kier molecular flexibility index (Phi) is 7.76. The largest absolute Gasteiger partial charge is 0.492 e. The second kappa shape index (κ2) is 9.57. The van der Waals surface area contributed by atoms with Crippen molar-refractivity contribution in [3.8, 4) is 5.75 Å². The molecule has 31 heavy (non-hydrogen) atoms. The van der Waals surface area contributed by atoms with Gasteiger partial charge in [0.05, 0.1) is 22.9 Å². The van der Waals surface area contributed by atoms with Crippen LogP contribution in [0.15, 0.2) is 44.2 Å². The van der Waals surface area contributed by atoms with Gasteiger partial charge in [-0.05, 0) is 13.0 Å². The molecule has 1 aromatic carbocycles. The molecule has 9 heteroatoms. The van der Waals surface area contributed by atoms with Gasteiger partial charge in [-0.3, -0.25) is 0 Å². The molecule has 2 aromatic rings. The molecule has 0 N–H and O–H groups in total. The van der Waals surface area contributed by atoms with E-state index in [9.17, 15) is 8.78 Å². The van der Waals surface area contributed by atoms with Gasteiger partial charge in [0.15, 0.2) is 11.6 Å². The van der Waals surface area contributed by atoms with E-state index in [1.807, 2.05) is 27.7 Å². The second-order valence-corrected chi connectivity index (χ2v) is 9.18. The molecule has 0 bridgehead atoms. The third-order valence-corrected chi connectivity index (χ3v) is 6.19. The van der Waals surface area contributed by atoms with Gasteiger partial charge in [-0.15, -0.1) is 6.58 Å². The highest BCUT2D eigenvalue weighted by Gasteiger charge is 2.58. The zero-order valence-corrected chi connectivity index (χ0v) is 19.6. The smallest absolute Gasteiger partial charge is 0.203 e. The quantitative estimate of drug-likeness (QED) is 0.169. The van der Waals surface area contributed by atoms with Crippen LogP contribution in [0.1, 0.15) is 40.5 Å². The van der Waals surface area contributed by atoms with Gasteiger partial charge in [-0.1, -0.05) is 56.6 Å². The third kappa shape index (κ3) is 4.58. The van der Waals surface area contributed by atoms with Gasteiger partial charge >= 0.3 is 0 Å². The lowest BCUT2D eigenvalue weighted by Crippen LogP contribution is -2.62. The van der Waals surface area contributed by atoms with Gasteiger partial charge in [0.25, 0.3) is 0 Å². The average molecular weight is 474 g/mol. The van der Waals surface area contributed by atoms with Gasteiger partial charge in [-0.25, -0.2) is 14.1 Å². The Morgan fingerprint density at radius 2 is 1.81 bits per heavy atom. The van der Waals surface area contributed by atoms with Crippen LogP contribution in [0.3, 0.4) is 0 Å². The van der Waals surface area contributed by atoms with Crippen LogP contribution in [-0.4, -0.2) is 27.0 Å². The molecule has 0 aliphatic rings. The van der Waals surface area contributed by atoms with E-state index >= 15 is 0 Å². The molecular formula is C22H27Cl2F2N3O2. The molecule has 0 aliphatic carbocycles. The van der Waals surface area contributed by atoms with Crippen molar-refractivity contribution >= 4 is 23.2 Å². The fourth-order valence-corrected chi connectivity index (χ4v) is 4.52. The maximum atomic E-state index is 14.3. The van der Waals surface area contributed by atoms with E-state index in [0.29, 0.717) is 6.42 Å². The highest BCUT2D eigenvalue weighted by Crippen LogP contribution is 2.50. The van der Waals surface area contributed by atoms with Crippen molar-refractivity contribution in [2.24, 2.45) is 5.41 Å². The van der Waals surface area contributed by atoms with Crippen molar-refractivity contribution in [1.82, 2.24) is 14.8 Å². The van der Waals surface area contributed by atoms with Crippen molar-refractivity contribution in [3.05, 3.63) is 65.9 Å².